The van der Waals surface area contributed by atoms with Crippen LogP contribution in [0.3, 0.4) is 0 Å². The zero-order chi connectivity index (χ0) is 11.4. The molecule has 0 atom stereocenters. The Morgan fingerprint density at radius 3 is 2.33 bits per heavy atom. The number of phenolic OH excluding ortho intramolecular Hbond substituents is 1. The molecule has 0 fully saturated rings. The predicted octanol–water partition coefficient (Wildman–Crippen LogP) is 3.22. The number of hydrogen-bond acceptors (Lipinski definition) is 2. The third-order valence-electron chi connectivity index (χ3n) is 2.74. The fourth-order valence-corrected chi connectivity index (χ4v) is 1.87. The molecule has 0 aliphatic carbocycles. The molecule has 0 amide bonds. The lowest BCUT2D eigenvalue weighted by atomic mass is 9.98. The van der Waals surface area contributed by atoms with Crippen LogP contribution in [-0.2, 0) is 12.8 Å². The maximum absolute atomic E-state index is 9.78. The number of hydrogen-bond donors (Lipinski definition) is 1. The molecule has 0 spiro atoms. The van der Waals surface area contributed by atoms with Crippen molar-refractivity contribution < 1.29 is 9.84 Å². The standard InChI is InChI=1S/C13H20O2/c1-5-10-8-12(14)9(4)11(6-2)13(10)15-7-3/h8,14H,5-7H2,1-4H3. The Labute approximate surface area is 91.9 Å². The number of benzene rings is 1. The Balaban J connectivity index is 3.35. The summed E-state index contributed by atoms with van der Waals surface area (Å²) in [5, 5.41) is 9.78. The lowest BCUT2D eigenvalue weighted by Crippen LogP contribution is -2.02. The first kappa shape index (κ1) is 11.9. The quantitative estimate of drug-likeness (QED) is 0.823. The second-order valence-electron chi connectivity index (χ2n) is 3.63. The maximum Gasteiger partial charge on any atom is 0.126 e. The highest BCUT2D eigenvalue weighted by atomic mass is 16.5. The molecule has 0 bridgehead atoms. The summed E-state index contributed by atoms with van der Waals surface area (Å²) in [5.74, 6) is 1.35. The monoisotopic (exact) mass is 208 g/mol. The molecule has 1 rings (SSSR count). The summed E-state index contributed by atoms with van der Waals surface area (Å²) in [6.07, 6.45) is 1.78. The second kappa shape index (κ2) is 5.06. The van der Waals surface area contributed by atoms with Crippen molar-refractivity contribution in [2.24, 2.45) is 0 Å². The van der Waals surface area contributed by atoms with Gasteiger partial charge in [0.25, 0.3) is 0 Å². The minimum absolute atomic E-state index is 0.382. The Kier molecular flexibility index (Phi) is 4.01. The van der Waals surface area contributed by atoms with Gasteiger partial charge in [0, 0.05) is 5.56 Å². The van der Waals surface area contributed by atoms with Gasteiger partial charge in [0.15, 0.2) is 0 Å². The van der Waals surface area contributed by atoms with Gasteiger partial charge in [-0.25, -0.2) is 0 Å². The predicted molar refractivity (Wildman–Crippen MR) is 62.8 cm³/mol. The molecule has 0 aliphatic heterocycles. The molecule has 2 nitrogen and oxygen atoms in total. The summed E-state index contributed by atoms with van der Waals surface area (Å²) >= 11 is 0. The van der Waals surface area contributed by atoms with Crippen LogP contribution in [0.2, 0.25) is 0 Å². The van der Waals surface area contributed by atoms with Crippen LogP contribution >= 0.6 is 0 Å². The molecule has 0 saturated heterocycles. The number of rotatable bonds is 4. The van der Waals surface area contributed by atoms with E-state index in [9.17, 15) is 5.11 Å². The normalized spacial score (nSPS) is 10.4. The van der Waals surface area contributed by atoms with Crippen LogP contribution in [0.1, 0.15) is 37.5 Å². The number of aryl methyl sites for hydroxylation is 1. The lowest BCUT2D eigenvalue weighted by molar-refractivity contribution is 0.331. The van der Waals surface area contributed by atoms with Gasteiger partial charge in [-0.15, -0.1) is 0 Å². The van der Waals surface area contributed by atoms with E-state index < -0.39 is 0 Å². The summed E-state index contributed by atoms with van der Waals surface area (Å²) in [5.41, 5.74) is 3.17. The highest BCUT2D eigenvalue weighted by Gasteiger charge is 2.13. The fourth-order valence-electron chi connectivity index (χ4n) is 1.87. The van der Waals surface area contributed by atoms with E-state index in [-0.39, 0.29) is 0 Å². The van der Waals surface area contributed by atoms with Crippen LogP contribution in [0.15, 0.2) is 6.07 Å². The summed E-state index contributed by atoms with van der Waals surface area (Å²) in [6.45, 7) is 8.76. The van der Waals surface area contributed by atoms with Crippen molar-refractivity contribution in [3.63, 3.8) is 0 Å². The molecule has 2 heteroatoms. The first-order valence-corrected chi connectivity index (χ1v) is 5.62. The van der Waals surface area contributed by atoms with Crippen molar-refractivity contribution in [2.45, 2.75) is 40.5 Å². The van der Waals surface area contributed by atoms with E-state index in [1.54, 1.807) is 0 Å². The summed E-state index contributed by atoms with van der Waals surface area (Å²) < 4.78 is 5.67. The van der Waals surface area contributed by atoms with E-state index in [0.717, 1.165) is 35.3 Å². The van der Waals surface area contributed by atoms with E-state index in [1.807, 2.05) is 19.9 Å². The average molecular weight is 208 g/mol. The van der Waals surface area contributed by atoms with E-state index in [2.05, 4.69) is 13.8 Å². The number of ether oxygens (including phenoxy) is 1. The van der Waals surface area contributed by atoms with Gasteiger partial charge in [-0.3, -0.25) is 0 Å². The Hall–Kier alpha value is -1.18. The van der Waals surface area contributed by atoms with E-state index in [1.165, 1.54) is 0 Å². The van der Waals surface area contributed by atoms with Crippen LogP contribution in [-0.4, -0.2) is 11.7 Å². The van der Waals surface area contributed by atoms with Crippen molar-refractivity contribution in [2.75, 3.05) is 6.61 Å². The molecule has 15 heavy (non-hydrogen) atoms. The highest BCUT2D eigenvalue weighted by Crippen LogP contribution is 2.34. The van der Waals surface area contributed by atoms with Crippen molar-refractivity contribution >= 4 is 0 Å². The number of phenols is 1. The third kappa shape index (κ3) is 2.25. The zero-order valence-corrected chi connectivity index (χ0v) is 10.1. The van der Waals surface area contributed by atoms with E-state index >= 15 is 0 Å². The molecular formula is C13H20O2. The topological polar surface area (TPSA) is 29.5 Å². The van der Waals surface area contributed by atoms with Crippen molar-refractivity contribution in [3.05, 3.63) is 22.8 Å². The van der Waals surface area contributed by atoms with Gasteiger partial charge in [-0.2, -0.15) is 0 Å². The van der Waals surface area contributed by atoms with Gasteiger partial charge in [0.1, 0.15) is 11.5 Å². The molecule has 0 unspecified atom stereocenters. The molecule has 0 radical (unpaired) electrons. The van der Waals surface area contributed by atoms with E-state index in [0.29, 0.717) is 12.4 Å². The second-order valence-corrected chi connectivity index (χ2v) is 3.63. The summed E-state index contributed by atoms with van der Waals surface area (Å²) in [7, 11) is 0. The van der Waals surface area contributed by atoms with Gasteiger partial charge in [0.05, 0.1) is 6.61 Å². The van der Waals surface area contributed by atoms with Gasteiger partial charge in [0.2, 0.25) is 0 Å². The largest absolute Gasteiger partial charge is 0.508 e. The fraction of sp³-hybridized carbons (Fsp3) is 0.538. The molecular weight excluding hydrogens is 188 g/mol. The third-order valence-corrected chi connectivity index (χ3v) is 2.74. The van der Waals surface area contributed by atoms with Gasteiger partial charge in [-0.1, -0.05) is 13.8 Å². The Bertz CT molecular complexity index is 343. The van der Waals surface area contributed by atoms with Crippen LogP contribution in [0, 0.1) is 6.92 Å². The minimum Gasteiger partial charge on any atom is -0.508 e. The Morgan fingerprint density at radius 2 is 1.87 bits per heavy atom. The molecule has 1 N–H and O–H groups in total. The smallest absolute Gasteiger partial charge is 0.126 e. The van der Waals surface area contributed by atoms with Gasteiger partial charge in [-0.05, 0) is 43.9 Å². The van der Waals surface area contributed by atoms with Crippen molar-refractivity contribution in [1.82, 2.24) is 0 Å². The number of aromatic hydroxyl groups is 1. The van der Waals surface area contributed by atoms with E-state index in [4.69, 9.17) is 4.74 Å². The molecule has 1 aromatic carbocycles. The minimum atomic E-state index is 0.382. The zero-order valence-electron chi connectivity index (χ0n) is 10.1. The Morgan fingerprint density at radius 1 is 1.20 bits per heavy atom. The average Bonchev–Trinajstić information content (AvgIpc) is 2.24. The first-order chi connectivity index (χ1) is 7.15. The molecule has 0 saturated carbocycles. The van der Waals surface area contributed by atoms with Crippen molar-refractivity contribution in [3.8, 4) is 11.5 Å². The summed E-state index contributed by atoms with van der Waals surface area (Å²) in [4.78, 5) is 0. The molecule has 1 aromatic rings. The first-order valence-electron chi connectivity index (χ1n) is 5.62. The maximum atomic E-state index is 9.78. The molecule has 0 heterocycles. The molecule has 0 aromatic heterocycles. The van der Waals surface area contributed by atoms with Crippen LogP contribution in [0.5, 0.6) is 11.5 Å². The van der Waals surface area contributed by atoms with Gasteiger partial charge < -0.3 is 9.84 Å². The summed E-state index contributed by atoms with van der Waals surface area (Å²) in [6, 6.07) is 1.82. The molecule has 84 valence electrons. The van der Waals surface area contributed by atoms with Gasteiger partial charge >= 0.3 is 0 Å². The van der Waals surface area contributed by atoms with Crippen LogP contribution in [0.25, 0.3) is 0 Å². The lowest BCUT2D eigenvalue weighted by Gasteiger charge is -2.17. The van der Waals surface area contributed by atoms with Crippen molar-refractivity contribution in [1.29, 1.82) is 0 Å². The van der Waals surface area contributed by atoms with Crippen LogP contribution in [0.4, 0.5) is 0 Å². The highest BCUT2D eigenvalue weighted by molar-refractivity contribution is 5.52. The SMILES string of the molecule is CCOc1c(CC)cc(O)c(C)c1CC. The van der Waals surface area contributed by atoms with Crippen LogP contribution < -0.4 is 4.74 Å². The molecule has 0 aliphatic rings.